The standard InChI is InChI=1S/C13H13F2NS/c1-2-8-5-6-17-13(8)12(16)10-7-9(14)3-4-11(10)15/h3-7,12H,2,16H2,1H3. The fraction of sp³-hybridized carbons (Fsp3) is 0.231. The molecule has 0 saturated heterocycles. The van der Waals surface area contributed by atoms with Gasteiger partial charge in [0.1, 0.15) is 11.6 Å². The first-order valence-corrected chi connectivity index (χ1v) is 6.28. The van der Waals surface area contributed by atoms with Crippen LogP contribution in [0.25, 0.3) is 0 Å². The van der Waals surface area contributed by atoms with Crippen LogP contribution in [0.5, 0.6) is 0 Å². The minimum atomic E-state index is -0.597. The Morgan fingerprint density at radius 3 is 2.76 bits per heavy atom. The van der Waals surface area contributed by atoms with Gasteiger partial charge in [0.15, 0.2) is 0 Å². The quantitative estimate of drug-likeness (QED) is 0.888. The lowest BCUT2D eigenvalue weighted by molar-refractivity contribution is 0.577. The maximum atomic E-state index is 13.6. The van der Waals surface area contributed by atoms with Gasteiger partial charge in [0.25, 0.3) is 0 Å². The summed E-state index contributed by atoms with van der Waals surface area (Å²) in [6.07, 6.45) is 0.837. The molecule has 0 aliphatic rings. The van der Waals surface area contributed by atoms with Gasteiger partial charge in [0.2, 0.25) is 0 Å². The summed E-state index contributed by atoms with van der Waals surface area (Å²) < 4.78 is 26.7. The van der Waals surface area contributed by atoms with Crippen LogP contribution in [-0.4, -0.2) is 0 Å². The van der Waals surface area contributed by atoms with Gasteiger partial charge in [-0.3, -0.25) is 0 Å². The second-order valence-corrected chi connectivity index (χ2v) is 4.75. The molecule has 0 amide bonds. The molecule has 2 N–H and O–H groups in total. The van der Waals surface area contributed by atoms with E-state index in [0.717, 1.165) is 29.0 Å². The lowest BCUT2D eigenvalue weighted by Gasteiger charge is -2.13. The Labute approximate surface area is 103 Å². The monoisotopic (exact) mass is 253 g/mol. The number of rotatable bonds is 3. The first-order valence-electron chi connectivity index (χ1n) is 5.40. The number of halogens is 2. The molecule has 0 aliphatic heterocycles. The average molecular weight is 253 g/mol. The normalized spacial score (nSPS) is 12.7. The maximum Gasteiger partial charge on any atom is 0.128 e. The summed E-state index contributed by atoms with van der Waals surface area (Å²) in [6.45, 7) is 2.01. The SMILES string of the molecule is CCc1ccsc1C(N)c1cc(F)ccc1F. The summed E-state index contributed by atoms with van der Waals surface area (Å²) in [6, 6.07) is 4.75. The zero-order valence-electron chi connectivity index (χ0n) is 9.41. The van der Waals surface area contributed by atoms with Crippen LogP contribution in [0.1, 0.15) is 29.0 Å². The van der Waals surface area contributed by atoms with Crippen LogP contribution in [0.4, 0.5) is 8.78 Å². The molecule has 0 bridgehead atoms. The van der Waals surface area contributed by atoms with E-state index in [1.54, 1.807) is 0 Å². The molecule has 0 spiro atoms. The van der Waals surface area contributed by atoms with Crippen molar-refractivity contribution in [2.24, 2.45) is 5.73 Å². The summed E-state index contributed by atoms with van der Waals surface area (Å²) in [5.74, 6) is -0.930. The van der Waals surface area contributed by atoms with Crippen LogP contribution in [0.15, 0.2) is 29.6 Å². The fourth-order valence-corrected chi connectivity index (χ4v) is 2.82. The van der Waals surface area contributed by atoms with E-state index in [1.807, 2.05) is 18.4 Å². The lowest BCUT2D eigenvalue weighted by Crippen LogP contribution is -2.14. The van der Waals surface area contributed by atoms with Crippen LogP contribution in [-0.2, 0) is 6.42 Å². The van der Waals surface area contributed by atoms with Gasteiger partial charge in [0.05, 0.1) is 6.04 Å². The first kappa shape index (κ1) is 12.2. The smallest absolute Gasteiger partial charge is 0.128 e. The number of thiophene rings is 1. The first-order chi connectivity index (χ1) is 8.13. The minimum absolute atomic E-state index is 0.210. The van der Waals surface area contributed by atoms with E-state index in [9.17, 15) is 8.78 Å². The van der Waals surface area contributed by atoms with Crippen LogP contribution in [0.2, 0.25) is 0 Å². The molecule has 1 aromatic carbocycles. The predicted octanol–water partition coefficient (Wildman–Crippen LogP) is 3.64. The molecule has 2 rings (SSSR count). The molecule has 90 valence electrons. The molecule has 1 unspecified atom stereocenters. The lowest BCUT2D eigenvalue weighted by atomic mass is 10.0. The molecule has 1 atom stereocenters. The van der Waals surface area contributed by atoms with Crippen molar-refractivity contribution in [3.8, 4) is 0 Å². The molecule has 2 aromatic rings. The molecular formula is C13H13F2NS. The van der Waals surface area contributed by atoms with Crippen molar-refractivity contribution in [1.29, 1.82) is 0 Å². The van der Waals surface area contributed by atoms with Crippen molar-refractivity contribution in [2.75, 3.05) is 0 Å². The number of aryl methyl sites for hydroxylation is 1. The van der Waals surface area contributed by atoms with Gasteiger partial charge in [-0.25, -0.2) is 8.78 Å². The van der Waals surface area contributed by atoms with Crippen LogP contribution >= 0.6 is 11.3 Å². The van der Waals surface area contributed by atoms with E-state index in [1.165, 1.54) is 17.4 Å². The van der Waals surface area contributed by atoms with Gasteiger partial charge in [-0.05, 0) is 41.6 Å². The third kappa shape index (κ3) is 2.37. The fourth-order valence-electron chi connectivity index (χ4n) is 1.81. The van der Waals surface area contributed by atoms with Crippen LogP contribution in [0, 0.1) is 11.6 Å². The number of benzene rings is 1. The van der Waals surface area contributed by atoms with Gasteiger partial charge < -0.3 is 5.73 Å². The van der Waals surface area contributed by atoms with Crippen LogP contribution in [0.3, 0.4) is 0 Å². The van der Waals surface area contributed by atoms with Crippen LogP contribution < -0.4 is 5.73 Å². The minimum Gasteiger partial charge on any atom is -0.320 e. The Hall–Kier alpha value is -1.26. The van der Waals surface area contributed by atoms with Crippen molar-refractivity contribution >= 4 is 11.3 Å². The van der Waals surface area contributed by atoms with E-state index in [4.69, 9.17) is 5.73 Å². The third-order valence-corrected chi connectivity index (χ3v) is 3.78. The van der Waals surface area contributed by atoms with Crippen molar-refractivity contribution < 1.29 is 8.78 Å². The Morgan fingerprint density at radius 2 is 2.06 bits per heavy atom. The predicted molar refractivity (Wildman–Crippen MR) is 66.1 cm³/mol. The third-order valence-electron chi connectivity index (χ3n) is 2.74. The number of hydrogen-bond donors (Lipinski definition) is 1. The number of hydrogen-bond acceptors (Lipinski definition) is 2. The zero-order valence-corrected chi connectivity index (χ0v) is 10.2. The van der Waals surface area contributed by atoms with Crippen molar-refractivity contribution in [3.63, 3.8) is 0 Å². The molecular weight excluding hydrogens is 240 g/mol. The van der Waals surface area contributed by atoms with E-state index >= 15 is 0 Å². The summed E-state index contributed by atoms with van der Waals surface area (Å²) in [4.78, 5) is 0.900. The number of nitrogens with two attached hydrogens (primary N) is 1. The topological polar surface area (TPSA) is 26.0 Å². The Balaban J connectivity index is 2.43. The molecule has 1 aromatic heterocycles. The summed E-state index contributed by atoms with van der Waals surface area (Å²) >= 11 is 1.48. The Morgan fingerprint density at radius 1 is 1.29 bits per heavy atom. The molecule has 0 aliphatic carbocycles. The largest absolute Gasteiger partial charge is 0.320 e. The highest BCUT2D eigenvalue weighted by Gasteiger charge is 2.18. The summed E-state index contributed by atoms with van der Waals surface area (Å²) in [5, 5.41) is 1.92. The molecule has 4 heteroatoms. The highest BCUT2D eigenvalue weighted by atomic mass is 32.1. The van der Waals surface area contributed by atoms with Gasteiger partial charge >= 0.3 is 0 Å². The second-order valence-electron chi connectivity index (χ2n) is 3.81. The average Bonchev–Trinajstić information content (AvgIpc) is 2.79. The van der Waals surface area contributed by atoms with E-state index in [-0.39, 0.29) is 5.56 Å². The molecule has 0 fully saturated rings. The summed E-state index contributed by atoms with van der Waals surface area (Å²) in [5.41, 5.74) is 7.31. The van der Waals surface area contributed by atoms with E-state index in [0.29, 0.717) is 0 Å². The van der Waals surface area contributed by atoms with Gasteiger partial charge in [-0.2, -0.15) is 0 Å². The van der Waals surface area contributed by atoms with Gasteiger partial charge in [-0.15, -0.1) is 11.3 Å². The maximum absolute atomic E-state index is 13.6. The molecule has 1 heterocycles. The van der Waals surface area contributed by atoms with Gasteiger partial charge in [-0.1, -0.05) is 6.92 Å². The molecule has 0 saturated carbocycles. The Bertz CT molecular complexity index is 522. The molecule has 17 heavy (non-hydrogen) atoms. The van der Waals surface area contributed by atoms with Gasteiger partial charge in [0, 0.05) is 10.4 Å². The van der Waals surface area contributed by atoms with Crippen molar-refractivity contribution in [2.45, 2.75) is 19.4 Å². The van der Waals surface area contributed by atoms with Crippen molar-refractivity contribution in [1.82, 2.24) is 0 Å². The molecule has 0 radical (unpaired) electrons. The summed E-state index contributed by atoms with van der Waals surface area (Å²) in [7, 11) is 0. The second kappa shape index (κ2) is 4.94. The highest BCUT2D eigenvalue weighted by molar-refractivity contribution is 7.10. The van der Waals surface area contributed by atoms with Crippen molar-refractivity contribution in [3.05, 3.63) is 57.3 Å². The van der Waals surface area contributed by atoms with E-state index < -0.39 is 17.7 Å². The van der Waals surface area contributed by atoms with E-state index in [2.05, 4.69) is 0 Å². The highest BCUT2D eigenvalue weighted by Crippen LogP contribution is 2.30. The Kier molecular flexibility index (Phi) is 3.54. The zero-order chi connectivity index (χ0) is 12.4. The molecule has 1 nitrogen and oxygen atoms in total.